The predicted octanol–water partition coefficient (Wildman–Crippen LogP) is 1.10. The monoisotopic (exact) mass is 277 g/mol. The van der Waals surface area contributed by atoms with Gasteiger partial charge < -0.3 is 4.90 Å². The van der Waals surface area contributed by atoms with Crippen LogP contribution in [0.5, 0.6) is 0 Å². The normalized spacial score (nSPS) is 10.8. The van der Waals surface area contributed by atoms with Gasteiger partial charge in [0.1, 0.15) is 11.4 Å². The molecule has 2 aromatic rings. The van der Waals surface area contributed by atoms with Crippen LogP contribution in [0, 0.1) is 13.8 Å². The van der Waals surface area contributed by atoms with E-state index in [1.165, 1.54) is 0 Å². The van der Waals surface area contributed by atoms with Crippen molar-refractivity contribution in [2.24, 2.45) is 0 Å². The molecule has 0 aliphatic heterocycles. The second kappa shape index (κ2) is 5.85. The van der Waals surface area contributed by atoms with Gasteiger partial charge in [-0.05, 0) is 20.8 Å². The van der Waals surface area contributed by atoms with Crippen molar-refractivity contribution in [3.05, 3.63) is 28.8 Å². The van der Waals surface area contributed by atoms with Crippen molar-refractivity contribution in [2.75, 3.05) is 7.05 Å². The van der Waals surface area contributed by atoms with E-state index in [4.69, 9.17) is 0 Å². The summed E-state index contributed by atoms with van der Waals surface area (Å²) in [6.45, 7) is 7.19. The van der Waals surface area contributed by atoms with E-state index in [-0.39, 0.29) is 12.3 Å². The molecule has 0 saturated carbocycles. The minimum Gasteiger partial charge on any atom is -0.341 e. The third-order valence-corrected chi connectivity index (χ3v) is 3.40. The SMILES string of the molecule is CCn1ncc(CN(C)C(=O)Cc2nonc2C)c1C. The summed E-state index contributed by atoms with van der Waals surface area (Å²) in [5.41, 5.74) is 3.38. The standard InChI is InChI=1S/C13H19N5O2/c1-5-18-10(3)11(7-14-18)8-17(4)13(19)6-12-9(2)15-20-16-12/h7H,5-6,8H2,1-4H3. The molecule has 0 radical (unpaired) electrons. The first kappa shape index (κ1) is 14.2. The number of hydrogen-bond acceptors (Lipinski definition) is 5. The molecule has 0 aliphatic carbocycles. The Morgan fingerprint density at radius 1 is 1.40 bits per heavy atom. The molecule has 0 N–H and O–H groups in total. The Kier molecular flexibility index (Phi) is 4.16. The lowest BCUT2D eigenvalue weighted by Crippen LogP contribution is -2.28. The molecule has 2 rings (SSSR count). The zero-order valence-corrected chi connectivity index (χ0v) is 12.3. The molecule has 0 unspecified atom stereocenters. The summed E-state index contributed by atoms with van der Waals surface area (Å²) in [7, 11) is 1.77. The van der Waals surface area contributed by atoms with Gasteiger partial charge in [-0.2, -0.15) is 5.10 Å². The zero-order chi connectivity index (χ0) is 14.7. The number of aryl methyl sites for hydroxylation is 2. The third-order valence-electron chi connectivity index (χ3n) is 3.40. The predicted molar refractivity (Wildman–Crippen MR) is 71.9 cm³/mol. The molecule has 7 nitrogen and oxygen atoms in total. The lowest BCUT2D eigenvalue weighted by molar-refractivity contribution is -0.129. The van der Waals surface area contributed by atoms with E-state index in [9.17, 15) is 4.79 Å². The Hall–Kier alpha value is -2.18. The van der Waals surface area contributed by atoms with E-state index in [0.29, 0.717) is 17.9 Å². The number of hydrogen-bond donors (Lipinski definition) is 0. The first-order valence-corrected chi connectivity index (χ1v) is 6.56. The molecule has 0 aliphatic rings. The molecule has 0 saturated heterocycles. The number of nitrogens with zero attached hydrogens (tertiary/aromatic N) is 5. The Morgan fingerprint density at radius 3 is 2.70 bits per heavy atom. The second-order valence-corrected chi connectivity index (χ2v) is 4.79. The molecule has 0 aromatic carbocycles. The van der Waals surface area contributed by atoms with E-state index in [0.717, 1.165) is 17.8 Å². The topological polar surface area (TPSA) is 77.0 Å². The highest BCUT2D eigenvalue weighted by Crippen LogP contribution is 2.11. The van der Waals surface area contributed by atoms with E-state index < -0.39 is 0 Å². The molecule has 108 valence electrons. The molecular weight excluding hydrogens is 258 g/mol. The van der Waals surface area contributed by atoms with Crippen molar-refractivity contribution < 1.29 is 9.42 Å². The van der Waals surface area contributed by atoms with Crippen LogP contribution in [-0.2, 0) is 24.3 Å². The Balaban J connectivity index is 2.00. The van der Waals surface area contributed by atoms with Gasteiger partial charge in [0.05, 0.1) is 12.6 Å². The largest absolute Gasteiger partial charge is 0.341 e. The van der Waals surface area contributed by atoms with Gasteiger partial charge in [0, 0.05) is 31.4 Å². The molecule has 1 amide bonds. The first-order chi connectivity index (χ1) is 9.52. The van der Waals surface area contributed by atoms with Gasteiger partial charge in [-0.15, -0.1) is 0 Å². The first-order valence-electron chi connectivity index (χ1n) is 6.56. The van der Waals surface area contributed by atoms with Gasteiger partial charge in [0.15, 0.2) is 0 Å². The molecule has 0 bridgehead atoms. The van der Waals surface area contributed by atoms with E-state index in [1.807, 2.05) is 24.7 Å². The molecule has 2 heterocycles. The van der Waals surface area contributed by atoms with Gasteiger partial charge in [0.25, 0.3) is 0 Å². The van der Waals surface area contributed by atoms with Gasteiger partial charge in [-0.25, -0.2) is 4.63 Å². The number of carbonyl (C=O) groups is 1. The maximum Gasteiger partial charge on any atom is 0.228 e. The quantitative estimate of drug-likeness (QED) is 0.818. The van der Waals surface area contributed by atoms with Crippen molar-refractivity contribution in [1.29, 1.82) is 0 Å². The molecule has 20 heavy (non-hydrogen) atoms. The van der Waals surface area contributed by atoms with Crippen LogP contribution >= 0.6 is 0 Å². The Labute approximate surface area is 117 Å². The van der Waals surface area contributed by atoms with Crippen LogP contribution < -0.4 is 0 Å². The fourth-order valence-electron chi connectivity index (χ4n) is 1.99. The van der Waals surface area contributed by atoms with Crippen LogP contribution in [0.25, 0.3) is 0 Å². The highest BCUT2D eigenvalue weighted by Gasteiger charge is 2.16. The average molecular weight is 277 g/mol. The number of rotatable bonds is 5. The highest BCUT2D eigenvalue weighted by atomic mass is 16.6. The van der Waals surface area contributed by atoms with Crippen LogP contribution in [0.1, 0.15) is 29.6 Å². The van der Waals surface area contributed by atoms with Crippen LogP contribution in [0.3, 0.4) is 0 Å². The summed E-state index contributed by atoms with van der Waals surface area (Å²) in [6, 6.07) is 0. The van der Waals surface area contributed by atoms with Crippen molar-refractivity contribution in [2.45, 2.75) is 40.3 Å². The van der Waals surface area contributed by atoms with Crippen LogP contribution in [0.15, 0.2) is 10.8 Å². The molecule has 0 spiro atoms. The molecule has 0 fully saturated rings. The Morgan fingerprint density at radius 2 is 2.15 bits per heavy atom. The minimum atomic E-state index is -0.0209. The highest BCUT2D eigenvalue weighted by molar-refractivity contribution is 5.78. The summed E-state index contributed by atoms with van der Waals surface area (Å²) in [5.74, 6) is -0.0209. The lowest BCUT2D eigenvalue weighted by Gasteiger charge is -2.16. The summed E-state index contributed by atoms with van der Waals surface area (Å²) < 4.78 is 6.51. The van der Waals surface area contributed by atoms with Gasteiger partial charge in [-0.3, -0.25) is 9.48 Å². The molecular formula is C13H19N5O2. The summed E-state index contributed by atoms with van der Waals surface area (Å²) in [4.78, 5) is 13.8. The maximum atomic E-state index is 12.1. The summed E-state index contributed by atoms with van der Waals surface area (Å²) in [5, 5.41) is 11.7. The lowest BCUT2D eigenvalue weighted by atomic mass is 10.2. The van der Waals surface area contributed by atoms with E-state index in [1.54, 1.807) is 18.9 Å². The van der Waals surface area contributed by atoms with Crippen molar-refractivity contribution >= 4 is 5.91 Å². The minimum absolute atomic E-state index is 0.0209. The van der Waals surface area contributed by atoms with Crippen molar-refractivity contribution in [1.82, 2.24) is 25.0 Å². The van der Waals surface area contributed by atoms with E-state index >= 15 is 0 Å². The summed E-state index contributed by atoms with van der Waals surface area (Å²) >= 11 is 0. The second-order valence-electron chi connectivity index (χ2n) is 4.79. The average Bonchev–Trinajstić information content (AvgIpc) is 2.97. The fraction of sp³-hybridized carbons (Fsp3) is 0.538. The number of likely N-dealkylation sites (N-methyl/N-ethyl adjacent to an activating group) is 1. The maximum absolute atomic E-state index is 12.1. The van der Waals surface area contributed by atoms with Crippen LogP contribution in [0.2, 0.25) is 0 Å². The zero-order valence-electron chi connectivity index (χ0n) is 12.3. The molecule has 2 aromatic heterocycles. The van der Waals surface area contributed by atoms with Gasteiger partial charge in [0.2, 0.25) is 5.91 Å². The fourth-order valence-corrected chi connectivity index (χ4v) is 1.99. The number of carbonyl (C=O) groups excluding carboxylic acids is 1. The summed E-state index contributed by atoms with van der Waals surface area (Å²) in [6.07, 6.45) is 2.01. The number of aromatic nitrogens is 4. The van der Waals surface area contributed by atoms with Crippen molar-refractivity contribution in [3.63, 3.8) is 0 Å². The van der Waals surface area contributed by atoms with Crippen LogP contribution in [-0.4, -0.2) is 37.9 Å². The van der Waals surface area contributed by atoms with E-state index in [2.05, 4.69) is 20.0 Å². The number of amides is 1. The van der Waals surface area contributed by atoms with Crippen LogP contribution in [0.4, 0.5) is 0 Å². The van der Waals surface area contributed by atoms with Gasteiger partial charge in [-0.1, -0.05) is 10.3 Å². The molecule has 0 atom stereocenters. The smallest absolute Gasteiger partial charge is 0.228 e. The third kappa shape index (κ3) is 2.87. The Bertz CT molecular complexity index is 602. The van der Waals surface area contributed by atoms with Gasteiger partial charge >= 0.3 is 0 Å². The van der Waals surface area contributed by atoms with Crippen molar-refractivity contribution in [3.8, 4) is 0 Å². The molecule has 7 heteroatoms.